The lowest BCUT2D eigenvalue weighted by Gasteiger charge is -2.18. The first-order chi connectivity index (χ1) is 9.49. The number of rotatable bonds is 7. The Morgan fingerprint density at radius 1 is 1.25 bits per heavy atom. The SMILES string of the molecule is CCOC(=O)CC(O)C(O)c1cccc(C(=O)CC)c1. The fourth-order valence-electron chi connectivity index (χ4n) is 1.82. The summed E-state index contributed by atoms with van der Waals surface area (Å²) in [5.41, 5.74) is 0.883. The number of carbonyl (C=O) groups is 2. The maximum atomic E-state index is 11.6. The van der Waals surface area contributed by atoms with Gasteiger partial charge in [0, 0.05) is 12.0 Å². The van der Waals surface area contributed by atoms with Gasteiger partial charge >= 0.3 is 5.97 Å². The van der Waals surface area contributed by atoms with Gasteiger partial charge in [-0.25, -0.2) is 0 Å². The lowest BCUT2D eigenvalue weighted by Crippen LogP contribution is -2.23. The molecule has 0 aliphatic carbocycles. The van der Waals surface area contributed by atoms with Crippen LogP contribution in [0.1, 0.15) is 48.7 Å². The van der Waals surface area contributed by atoms with E-state index < -0.39 is 18.2 Å². The van der Waals surface area contributed by atoms with Crippen LogP contribution in [0.3, 0.4) is 0 Å². The quantitative estimate of drug-likeness (QED) is 0.586. The van der Waals surface area contributed by atoms with Crippen LogP contribution in [0.4, 0.5) is 0 Å². The van der Waals surface area contributed by atoms with Gasteiger partial charge in [0.25, 0.3) is 0 Å². The Bertz CT molecular complexity index is 469. The molecule has 0 heterocycles. The molecular formula is C15H20O5. The highest BCUT2D eigenvalue weighted by Gasteiger charge is 2.22. The predicted octanol–water partition coefficient (Wildman–Crippen LogP) is 1.63. The Kier molecular flexibility index (Phi) is 6.35. The number of ketones is 1. The zero-order chi connectivity index (χ0) is 15.1. The molecule has 2 atom stereocenters. The van der Waals surface area contributed by atoms with Crippen LogP contribution < -0.4 is 0 Å². The number of aliphatic hydroxyl groups excluding tert-OH is 2. The first kappa shape index (κ1) is 16.3. The minimum absolute atomic E-state index is 0.0427. The highest BCUT2D eigenvalue weighted by molar-refractivity contribution is 5.96. The summed E-state index contributed by atoms with van der Waals surface area (Å²) in [6, 6.07) is 6.43. The van der Waals surface area contributed by atoms with Crippen molar-refractivity contribution in [2.45, 2.75) is 38.9 Å². The van der Waals surface area contributed by atoms with Crippen LogP contribution in [0.5, 0.6) is 0 Å². The monoisotopic (exact) mass is 280 g/mol. The van der Waals surface area contributed by atoms with Crippen LogP contribution in [0.25, 0.3) is 0 Å². The summed E-state index contributed by atoms with van der Waals surface area (Å²) in [4.78, 5) is 22.9. The van der Waals surface area contributed by atoms with Crippen LogP contribution in [-0.4, -0.2) is 34.7 Å². The summed E-state index contributed by atoms with van der Waals surface area (Å²) in [6.07, 6.45) is -2.42. The maximum absolute atomic E-state index is 11.6. The second kappa shape index (κ2) is 7.77. The van der Waals surface area contributed by atoms with E-state index in [1.165, 1.54) is 6.07 Å². The topological polar surface area (TPSA) is 83.8 Å². The molecule has 1 aromatic carbocycles. The number of aliphatic hydroxyl groups is 2. The van der Waals surface area contributed by atoms with E-state index in [2.05, 4.69) is 0 Å². The summed E-state index contributed by atoms with van der Waals surface area (Å²) < 4.78 is 4.71. The van der Waals surface area contributed by atoms with Crippen molar-refractivity contribution in [3.63, 3.8) is 0 Å². The minimum Gasteiger partial charge on any atom is -0.466 e. The Morgan fingerprint density at radius 3 is 2.55 bits per heavy atom. The highest BCUT2D eigenvalue weighted by Crippen LogP contribution is 2.21. The third-order valence-corrected chi connectivity index (χ3v) is 2.92. The van der Waals surface area contributed by atoms with Crippen LogP contribution >= 0.6 is 0 Å². The summed E-state index contributed by atoms with van der Waals surface area (Å²) in [6.45, 7) is 3.64. The van der Waals surface area contributed by atoms with E-state index >= 15 is 0 Å². The number of benzene rings is 1. The molecule has 0 aliphatic heterocycles. The summed E-state index contributed by atoms with van der Waals surface area (Å²) in [7, 11) is 0. The van der Waals surface area contributed by atoms with E-state index in [0.29, 0.717) is 17.5 Å². The molecule has 0 aliphatic rings. The molecule has 110 valence electrons. The predicted molar refractivity (Wildman–Crippen MR) is 73.3 cm³/mol. The van der Waals surface area contributed by atoms with E-state index in [4.69, 9.17) is 4.74 Å². The van der Waals surface area contributed by atoms with Gasteiger partial charge in [0.05, 0.1) is 19.1 Å². The Balaban J connectivity index is 2.78. The zero-order valence-electron chi connectivity index (χ0n) is 11.7. The fourth-order valence-corrected chi connectivity index (χ4v) is 1.82. The lowest BCUT2D eigenvalue weighted by molar-refractivity contribution is -0.147. The molecule has 0 aromatic heterocycles. The maximum Gasteiger partial charge on any atom is 0.308 e. The molecule has 0 bridgehead atoms. The van der Waals surface area contributed by atoms with Crippen LogP contribution in [0.2, 0.25) is 0 Å². The molecular weight excluding hydrogens is 260 g/mol. The number of Topliss-reactive ketones (excluding diaryl/α,β-unsaturated/α-hetero) is 1. The standard InChI is InChI=1S/C15H20O5/c1-3-12(16)10-6-5-7-11(8-10)15(19)13(17)9-14(18)20-4-2/h5-8,13,15,17,19H,3-4,9H2,1-2H3. The number of hydrogen-bond donors (Lipinski definition) is 2. The van der Waals surface area contributed by atoms with Gasteiger partial charge in [0.1, 0.15) is 6.10 Å². The Morgan fingerprint density at radius 2 is 1.95 bits per heavy atom. The molecule has 20 heavy (non-hydrogen) atoms. The average molecular weight is 280 g/mol. The van der Waals surface area contributed by atoms with Crippen molar-refractivity contribution in [3.8, 4) is 0 Å². The first-order valence-corrected chi connectivity index (χ1v) is 6.64. The molecule has 0 radical (unpaired) electrons. The van der Waals surface area contributed by atoms with Gasteiger partial charge in [-0.15, -0.1) is 0 Å². The van der Waals surface area contributed by atoms with E-state index in [9.17, 15) is 19.8 Å². The second-order valence-corrected chi connectivity index (χ2v) is 4.42. The van der Waals surface area contributed by atoms with Crippen LogP contribution in [0, 0.1) is 0 Å². The average Bonchev–Trinajstić information content (AvgIpc) is 2.45. The molecule has 0 saturated heterocycles. The van der Waals surface area contributed by atoms with Crippen molar-refractivity contribution in [3.05, 3.63) is 35.4 Å². The summed E-state index contributed by atoms with van der Waals surface area (Å²) in [5, 5.41) is 19.8. The van der Waals surface area contributed by atoms with Gasteiger partial charge in [0.15, 0.2) is 5.78 Å². The molecule has 0 fully saturated rings. The number of ether oxygens (including phenoxy) is 1. The third kappa shape index (κ3) is 4.43. The molecule has 1 aromatic rings. The van der Waals surface area contributed by atoms with E-state index in [0.717, 1.165) is 0 Å². The van der Waals surface area contributed by atoms with Gasteiger partial charge in [0.2, 0.25) is 0 Å². The van der Waals surface area contributed by atoms with Crippen LogP contribution in [0.15, 0.2) is 24.3 Å². The van der Waals surface area contributed by atoms with Crippen molar-refractivity contribution in [1.29, 1.82) is 0 Å². The van der Waals surface area contributed by atoms with Crippen molar-refractivity contribution >= 4 is 11.8 Å². The summed E-state index contributed by atoms with van der Waals surface area (Å²) >= 11 is 0. The highest BCUT2D eigenvalue weighted by atomic mass is 16.5. The van der Waals surface area contributed by atoms with Crippen molar-refractivity contribution in [2.75, 3.05) is 6.61 Å². The van der Waals surface area contributed by atoms with Gasteiger partial charge in [-0.1, -0.05) is 25.1 Å². The Labute approximate surface area is 118 Å². The first-order valence-electron chi connectivity index (χ1n) is 6.64. The van der Waals surface area contributed by atoms with Crippen molar-refractivity contribution < 1.29 is 24.5 Å². The van der Waals surface area contributed by atoms with Gasteiger partial charge in [-0.3, -0.25) is 9.59 Å². The van der Waals surface area contributed by atoms with Gasteiger partial charge in [-0.2, -0.15) is 0 Å². The second-order valence-electron chi connectivity index (χ2n) is 4.42. The number of esters is 1. The van der Waals surface area contributed by atoms with Crippen molar-refractivity contribution in [2.24, 2.45) is 0 Å². The van der Waals surface area contributed by atoms with Crippen LogP contribution in [-0.2, 0) is 9.53 Å². The molecule has 2 N–H and O–H groups in total. The molecule has 1 rings (SSSR count). The van der Waals surface area contributed by atoms with E-state index in [-0.39, 0.29) is 18.8 Å². The largest absolute Gasteiger partial charge is 0.466 e. The molecule has 0 amide bonds. The minimum atomic E-state index is -1.26. The number of carbonyl (C=O) groups excluding carboxylic acids is 2. The van der Waals surface area contributed by atoms with E-state index in [1.807, 2.05) is 0 Å². The Hall–Kier alpha value is -1.72. The van der Waals surface area contributed by atoms with Gasteiger partial charge in [-0.05, 0) is 18.6 Å². The normalized spacial score (nSPS) is 13.6. The molecule has 2 unspecified atom stereocenters. The fraction of sp³-hybridized carbons (Fsp3) is 0.467. The van der Waals surface area contributed by atoms with E-state index in [1.54, 1.807) is 32.0 Å². The number of hydrogen-bond acceptors (Lipinski definition) is 5. The zero-order valence-corrected chi connectivity index (χ0v) is 11.7. The lowest BCUT2D eigenvalue weighted by atomic mass is 9.98. The smallest absolute Gasteiger partial charge is 0.308 e. The molecule has 5 heteroatoms. The third-order valence-electron chi connectivity index (χ3n) is 2.92. The van der Waals surface area contributed by atoms with Crippen molar-refractivity contribution in [1.82, 2.24) is 0 Å². The van der Waals surface area contributed by atoms with Gasteiger partial charge < -0.3 is 14.9 Å². The molecule has 0 saturated carbocycles. The molecule has 5 nitrogen and oxygen atoms in total. The summed E-state index contributed by atoms with van der Waals surface area (Å²) in [5.74, 6) is -0.612. The molecule has 0 spiro atoms.